The Kier molecular flexibility index (Phi) is 5.11. The van der Waals surface area contributed by atoms with E-state index in [2.05, 4.69) is 18.7 Å². The summed E-state index contributed by atoms with van der Waals surface area (Å²) in [5.41, 5.74) is 0.152. The van der Waals surface area contributed by atoms with Gasteiger partial charge in [0.1, 0.15) is 0 Å². The molecule has 3 unspecified atom stereocenters. The highest BCUT2D eigenvalue weighted by Gasteiger charge is 2.42. The maximum atomic E-state index is 13.0. The van der Waals surface area contributed by atoms with Crippen molar-refractivity contribution in [2.75, 3.05) is 6.54 Å². The van der Waals surface area contributed by atoms with Gasteiger partial charge in [-0.05, 0) is 44.4 Å². The highest BCUT2D eigenvalue weighted by Crippen LogP contribution is 2.44. The Balaban J connectivity index is 2.11. The minimum atomic E-state index is -0.315. The standard InChI is InChI=1S/C17H31NO2/c1-13(19)12-14-8-5-4-6-11-18(14)16(20)15-9-7-10-17(15,2)3/h13-15,19H,4-12H2,1-3H3. The normalized spacial score (nSPS) is 31.9. The first-order valence-electron chi connectivity index (χ1n) is 8.40. The lowest BCUT2D eigenvalue weighted by atomic mass is 9.80. The highest BCUT2D eigenvalue weighted by molar-refractivity contribution is 5.80. The van der Waals surface area contributed by atoms with Gasteiger partial charge in [-0.25, -0.2) is 0 Å². The number of rotatable bonds is 3. The van der Waals surface area contributed by atoms with E-state index >= 15 is 0 Å². The molecule has 2 aliphatic rings. The van der Waals surface area contributed by atoms with E-state index in [9.17, 15) is 9.90 Å². The zero-order valence-electron chi connectivity index (χ0n) is 13.4. The lowest BCUT2D eigenvalue weighted by Crippen LogP contribution is -2.46. The van der Waals surface area contributed by atoms with Crippen molar-refractivity contribution in [3.63, 3.8) is 0 Å². The van der Waals surface area contributed by atoms with Crippen molar-refractivity contribution in [3.8, 4) is 0 Å². The Labute approximate surface area is 123 Å². The van der Waals surface area contributed by atoms with Crippen LogP contribution < -0.4 is 0 Å². The molecule has 2 rings (SSSR count). The van der Waals surface area contributed by atoms with Crippen molar-refractivity contribution in [3.05, 3.63) is 0 Å². The van der Waals surface area contributed by atoms with Crippen LogP contribution in [0.5, 0.6) is 0 Å². The van der Waals surface area contributed by atoms with E-state index in [1.165, 1.54) is 19.3 Å². The van der Waals surface area contributed by atoms with Crippen LogP contribution in [-0.2, 0) is 4.79 Å². The number of nitrogens with zero attached hydrogens (tertiary/aromatic N) is 1. The van der Waals surface area contributed by atoms with E-state index < -0.39 is 0 Å². The van der Waals surface area contributed by atoms with Crippen LogP contribution in [0.2, 0.25) is 0 Å². The van der Waals surface area contributed by atoms with Gasteiger partial charge >= 0.3 is 0 Å². The SMILES string of the molecule is CC(O)CC1CCCCCN1C(=O)C1CCCC1(C)C. The predicted molar refractivity (Wildman–Crippen MR) is 81.4 cm³/mol. The zero-order valence-corrected chi connectivity index (χ0v) is 13.4. The first-order valence-corrected chi connectivity index (χ1v) is 8.40. The molecular formula is C17H31NO2. The maximum absolute atomic E-state index is 13.0. The number of carbonyl (C=O) groups excluding carboxylic acids is 1. The molecule has 3 nitrogen and oxygen atoms in total. The van der Waals surface area contributed by atoms with E-state index in [0.717, 1.165) is 38.6 Å². The quantitative estimate of drug-likeness (QED) is 0.861. The second-order valence-corrected chi connectivity index (χ2v) is 7.55. The summed E-state index contributed by atoms with van der Waals surface area (Å²) in [5.74, 6) is 0.553. The average Bonchev–Trinajstić information content (AvgIpc) is 2.58. The summed E-state index contributed by atoms with van der Waals surface area (Å²) in [6.07, 6.45) is 8.40. The molecule has 0 aromatic rings. The molecule has 3 atom stereocenters. The maximum Gasteiger partial charge on any atom is 0.226 e. The van der Waals surface area contributed by atoms with E-state index in [0.29, 0.717) is 5.91 Å². The summed E-state index contributed by atoms with van der Waals surface area (Å²) in [6.45, 7) is 7.21. The molecule has 2 fully saturated rings. The summed E-state index contributed by atoms with van der Waals surface area (Å²) >= 11 is 0. The van der Waals surface area contributed by atoms with Gasteiger partial charge in [0.2, 0.25) is 5.91 Å². The van der Waals surface area contributed by atoms with Crippen molar-refractivity contribution < 1.29 is 9.90 Å². The molecule has 116 valence electrons. The van der Waals surface area contributed by atoms with Gasteiger partial charge in [0.05, 0.1) is 6.10 Å². The highest BCUT2D eigenvalue weighted by atomic mass is 16.3. The van der Waals surface area contributed by atoms with Crippen molar-refractivity contribution in [2.24, 2.45) is 11.3 Å². The number of amides is 1. The Morgan fingerprint density at radius 2 is 2.00 bits per heavy atom. The number of carbonyl (C=O) groups is 1. The van der Waals surface area contributed by atoms with Gasteiger partial charge < -0.3 is 10.0 Å². The number of aliphatic hydroxyl groups excluding tert-OH is 1. The summed E-state index contributed by atoms with van der Waals surface area (Å²) in [4.78, 5) is 15.1. The molecule has 1 amide bonds. The third-order valence-corrected chi connectivity index (χ3v) is 5.33. The third kappa shape index (κ3) is 3.55. The lowest BCUT2D eigenvalue weighted by molar-refractivity contribution is -0.141. The molecule has 1 saturated carbocycles. The van der Waals surface area contributed by atoms with Gasteiger partial charge in [0.15, 0.2) is 0 Å². The van der Waals surface area contributed by atoms with Gasteiger partial charge in [-0.2, -0.15) is 0 Å². The largest absolute Gasteiger partial charge is 0.393 e. The zero-order chi connectivity index (χ0) is 14.8. The molecule has 1 N–H and O–H groups in total. The Hall–Kier alpha value is -0.570. The molecule has 1 heterocycles. The number of hydrogen-bond donors (Lipinski definition) is 1. The first-order chi connectivity index (χ1) is 9.42. The van der Waals surface area contributed by atoms with Gasteiger partial charge in [-0.3, -0.25) is 4.79 Å². The van der Waals surface area contributed by atoms with Crippen LogP contribution in [0.4, 0.5) is 0 Å². The third-order valence-electron chi connectivity index (χ3n) is 5.33. The number of hydrogen-bond acceptors (Lipinski definition) is 2. The Morgan fingerprint density at radius 1 is 1.25 bits per heavy atom. The molecule has 1 saturated heterocycles. The summed E-state index contributed by atoms with van der Waals surface area (Å²) < 4.78 is 0. The molecule has 1 aliphatic carbocycles. The second-order valence-electron chi connectivity index (χ2n) is 7.55. The van der Waals surface area contributed by atoms with Crippen molar-refractivity contribution in [1.29, 1.82) is 0 Å². The van der Waals surface area contributed by atoms with Crippen LogP contribution in [0.15, 0.2) is 0 Å². The number of likely N-dealkylation sites (tertiary alicyclic amines) is 1. The van der Waals surface area contributed by atoms with Crippen molar-refractivity contribution in [1.82, 2.24) is 4.90 Å². The molecular weight excluding hydrogens is 250 g/mol. The minimum absolute atomic E-state index is 0.152. The fourth-order valence-electron chi connectivity index (χ4n) is 4.09. The monoisotopic (exact) mass is 281 g/mol. The smallest absolute Gasteiger partial charge is 0.226 e. The molecule has 0 aromatic heterocycles. The van der Waals surface area contributed by atoms with Crippen LogP contribution in [0.25, 0.3) is 0 Å². The van der Waals surface area contributed by atoms with E-state index in [1.807, 2.05) is 6.92 Å². The van der Waals surface area contributed by atoms with E-state index in [-0.39, 0.29) is 23.5 Å². The van der Waals surface area contributed by atoms with Crippen molar-refractivity contribution in [2.45, 2.75) is 84.3 Å². The molecule has 0 radical (unpaired) electrons. The van der Waals surface area contributed by atoms with Crippen LogP contribution in [0.1, 0.15) is 72.1 Å². The topological polar surface area (TPSA) is 40.5 Å². The predicted octanol–water partition coefficient (Wildman–Crippen LogP) is 3.35. The van der Waals surface area contributed by atoms with E-state index in [1.54, 1.807) is 0 Å². The fourth-order valence-corrected chi connectivity index (χ4v) is 4.09. The van der Waals surface area contributed by atoms with Gasteiger partial charge in [0, 0.05) is 18.5 Å². The van der Waals surface area contributed by atoms with Gasteiger partial charge in [-0.1, -0.05) is 33.1 Å². The van der Waals surface area contributed by atoms with Crippen LogP contribution in [0.3, 0.4) is 0 Å². The van der Waals surface area contributed by atoms with Crippen LogP contribution >= 0.6 is 0 Å². The second kappa shape index (κ2) is 6.46. The summed E-state index contributed by atoms with van der Waals surface area (Å²) in [6, 6.07) is 0.251. The molecule has 0 spiro atoms. The summed E-state index contributed by atoms with van der Waals surface area (Å²) in [5, 5.41) is 9.73. The van der Waals surface area contributed by atoms with E-state index in [4.69, 9.17) is 0 Å². The number of aliphatic hydroxyl groups is 1. The van der Waals surface area contributed by atoms with Crippen molar-refractivity contribution >= 4 is 5.91 Å². The van der Waals surface area contributed by atoms with Crippen LogP contribution in [-0.4, -0.2) is 34.6 Å². The average molecular weight is 281 g/mol. The molecule has 20 heavy (non-hydrogen) atoms. The Bertz CT molecular complexity index is 338. The van der Waals surface area contributed by atoms with Gasteiger partial charge in [-0.15, -0.1) is 0 Å². The Morgan fingerprint density at radius 3 is 2.60 bits per heavy atom. The molecule has 0 aromatic carbocycles. The van der Waals surface area contributed by atoms with Crippen LogP contribution in [0, 0.1) is 11.3 Å². The first kappa shape index (κ1) is 15.8. The summed E-state index contributed by atoms with van der Waals surface area (Å²) in [7, 11) is 0. The fraction of sp³-hybridized carbons (Fsp3) is 0.941. The lowest BCUT2D eigenvalue weighted by Gasteiger charge is -2.36. The molecule has 0 bridgehead atoms. The van der Waals surface area contributed by atoms with Gasteiger partial charge in [0.25, 0.3) is 0 Å². The molecule has 3 heteroatoms. The minimum Gasteiger partial charge on any atom is -0.393 e. The molecule has 1 aliphatic heterocycles.